The number of nitrogens with two attached hydrogens (primary N) is 1. The number of amides is 1. The Morgan fingerprint density at radius 2 is 1.81 bits per heavy atom. The first-order valence-electron chi connectivity index (χ1n) is 5.73. The number of sulfonamides is 1. The molecule has 0 saturated heterocycles. The van der Waals surface area contributed by atoms with E-state index in [2.05, 4.69) is 14.9 Å². The Labute approximate surface area is 121 Å². The first-order valence-corrected chi connectivity index (χ1v) is 7.21. The van der Waals surface area contributed by atoms with Crippen LogP contribution in [0.4, 0.5) is 5.82 Å². The van der Waals surface area contributed by atoms with Crippen LogP contribution in [-0.4, -0.2) is 31.6 Å². The van der Waals surface area contributed by atoms with Gasteiger partial charge in [0.25, 0.3) is 10.0 Å². The van der Waals surface area contributed by atoms with Crippen molar-refractivity contribution in [3.8, 4) is 5.88 Å². The van der Waals surface area contributed by atoms with E-state index < -0.39 is 15.9 Å². The molecule has 0 atom stereocenters. The van der Waals surface area contributed by atoms with Crippen molar-refractivity contribution in [3.63, 3.8) is 0 Å². The number of methoxy groups -OCH3 is 1. The highest BCUT2D eigenvalue weighted by atomic mass is 32.2. The number of nitrogens with one attached hydrogen (secondary N) is 1. The Hall–Kier alpha value is -2.68. The van der Waals surface area contributed by atoms with Crippen molar-refractivity contribution in [3.05, 3.63) is 42.0 Å². The van der Waals surface area contributed by atoms with Gasteiger partial charge in [-0.1, -0.05) is 0 Å². The molecule has 0 aliphatic carbocycles. The van der Waals surface area contributed by atoms with Crippen LogP contribution < -0.4 is 15.2 Å². The summed E-state index contributed by atoms with van der Waals surface area (Å²) in [7, 11) is -2.40. The Balaban J connectivity index is 2.22. The normalized spacial score (nSPS) is 10.9. The van der Waals surface area contributed by atoms with Gasteiger partial charge in [-0.2, -0.15) is 0 Å². The fraction of sp³-hybridized carbons (Fsp3) is 0.0833. The zero-order valence-electron chi connectivity index (χ0n) is 11.0. The number of carbonyl (C=O) groups is 1. The number of rotatable bonds is 5. The highest BCUT2D eigenvalue weighted by Gasteiger charge is 2.15. The molecule has 0 fully saturated rings. The van der Waals surface area contributed by atoms with Crippen molar-refractivity contribution in [2.24, 2.45) is 5.73 Å². The smallest absolute Gasteiger partial charge is 0.263 e. The first kappa shape index (κ1) is 14.7. The van der Waals surface area contributed by atoms with E-state index in [1.165, 1.54) is 43.5 Å². The van der Waals surface area contributed by atoms with E-state index in [0.717, 1.165) is 0 Å². The molecular formula is C12H12N4O4S. The van der Waals surface area contributed by atoms with Gasteiger partial charge in [-0.05, 0) is 30.3 Å². The van der Waals surface area contributed by atoms with Crippen LogP contribution >= 0.6 is 0 Å². The van der Waals surface area contributed by atoms with Crippen LogP contribution in [0.5, 0.6) is 5.88 Å². The highest BCUT2D eigenvalue weighted by Crippen LogP contribution is 2.15. The summed E-state index contributed by atoms with van der Waals surface area (Å²) in [5, 5.41) is 7.32. The molecule has 0 saturated carbocycles. The van der Waals surface area contributed by atoms with Crippen LogP contribution in [0, 0.1) is 0 Å². The lowest BCUT2D eigenvalue weighted by atomic mass is 10.2. The van der Waals surface area contributed by atoms with Crippen molar-refractivity contribution < 1.29 is 17.9 Å². The molecule has 9 heteroatoms. The van der Waals surface area contributed by atoms with Gasteiger partial charge in [0.05, 0.1) is 12.0 Å². The first-order chi connectivity index (χ1) is 9.92. The molecule has 1 amide bonds. The molecule has 1 heterocycles. The Kier molecular flexibility index (Phi) is 4.03. The van der Waals surface area contributed by atoms with Gasteiger partial charge in [-0.25, -0.2) is 8.42 Å². The van der Waals surface area contributed by atoms with Gasteiger partial charge in [0, 0.05) is 11.6 Å². The summed E-state index contributed by atoms with van der Waals surface area (Å²) in [5.41, 5.74) is 5.31. The average Bonchev–Trinajstić information content (AvgIpc) is 2.48. The zero-order chi connectivity index (χ0) is 15.5. The zero-order valence-corrected chi connectivity index (χ0v) is 11.8. The lowest BCUT2D eigenvalue weighted by Crippen LogP contribution is -2.15. The molecule has 8 nitrogen and oxygen atoms in total. The lowest BCUT2D eigenvalue weighted by Gasteiger charge is -2.07. The number of hydrogen-bond donors (Lipinski definition) is 2. The molecule has 2 rings (SSSR count). The molecule has 21 heavy (non-hydrogen) atoms. The second kappa shape index (κ2) is 5.75. The summed E-state index contributed by atoms with van der Waals surface area (Å²) in [6.07, 6.45) is 0. The van der Waals surface area contributed by atoms with E-state index in [1.54, 1.807) is 0 Å². The molecule has 0 aliphatic rings. The SMILES string of the molecule is COc1ccc(NS(=O)(=O)c2ccc(C(N)=O)cc2)nn1. The van der Waals surface area contributed by atoms with E-state index in [0.29, 0.717) is 0 Å². The summed E-state index contributed by atoms with van der Waals surface area (Å²) in [4.78, 5) is 10.9. The summed E-state index contributed by atoms with van der Waals surface area (Å²) in [6, 6.07) is 8.11. The van der Waals surface area contributed by atoms with Gasteiger partial charge in [0.15, 0.2) is 5.82 Å². The van der Waals surface area contributed by atoms with Crippen molar-refractivity contribution in [2.75, 3.05) is 11.8 Å². The summed E-state index contributed by atoms with van der Waals surface area (Å²) in [6.45, 7) is 0. The van der Waals surface area contributed by atoms with Crippen LogP contribution in [-0.2, 0) is 10.0 Å². The standard InChI is InChI=1S/C12H12N4O4S/c1-20-11-7-6-10(14-15-11)16-21(18,19)9-4-2-8(3-5-9)12(13)17/h2-7H,1H3,(H2,13,17)(H,14,16). The molecule has 2 aromatic rings. The minimum absolute atomic E-state index is 0.0230. The number of nitrogens with zero attached hydrogens (tertiary/aromatic N) is 2. The lowest BCUT2D eigenvalue weighted by molar-refractivity contribution is 0.1000. The second-order valence-electron chi connectivity index (χ2n) is 3.96. The van der Waals surface area contributed by atoms with Crippen molar-refractivity contribution in [2.45, 2.75) is 4.90 Å². The number of benzene rings is 1. The fourth-order valence-electron chi connectivity index (χ4n) is 1.48. The topological polar surface area (TPSA) is 124 Å². The van der Waals surface area contributed by atoms with Crippen molar-refractivity contribution >= 4 is 21.7 Å². The van der Waals surface area contributed by atoms with Crippen LogP contribution in [0.3, 0.4) is 0 Å². The second-order valence-corrected chi connectivity index (χ2v) is 5.64. The molecule has 3 N–H and O–H groups in total. The van der Waals surface area contributed by atoms with Gasteiger partial charge in [0.1, 0.15) is 0 Å². The molecule has 0 bridgehead atoms. The Morgan fingerprint density at radius 3 is 2.29 bits per heavy atom. The van der Waals surface area contributed by atoms with E-state index in [1.807, 2.05) is 0 Å². The monoisotopic (exact) mass is 308 g/mol. The van der Waals surface area contributed by atoms with Crippen LogP contribution in [0.2, 0.25) is 0 Å². The molecule has 110 valence electrons. The minimum atomic E-state index is -3.82. The third kappa shape index (κ3) is 3.45. The molecule has 1 aromatic carbocycles. The van der Waals surface area contributed by atoms with E-state index in [4.69, 9.17) is 10.5 Å². The Morgan fingerprint density at radius 1 is 1.14 bits per heavy atom. The molecule has 1 aromatic heterocycles. The van der Waals surface area contributed by atoms with Gasteiger partial charge < -0.3 is 10.5 Å². The average molecular weight is 308 g/mol. The number of aromatic nitrogens is 2. The molecule has 0 spiro atoms. The minimum Gasteiger partial charge on any atom is -0.480 e. The maximum absolute atomic E-state index is 12.1. The van der Waals surface area contributed by atoms with Gasteiger partial charge in [0.2, 0.25) is 11.8 Å². The maximum atomic E-state index is 12.1. The van der Waals surface area contributed by atoms with E-state index in [-0.39, 0.29) is 22.2 Å². The predicted octanol–water partition coefficient (Wildman–Crippen LogP) is 0.385. The van der Waals surface area contributed by atoms with Gasteiger partial charge in [-0.15, -0.1) is 10.2 Å². The summed E-state index contributed by atoms with van der Waals surface area (Å²) in [5.74, 6) is -0.313. The third-order valence-corrected chi connectivity index (χ3v) is 3.91. The van der Waals surface area contributed by atoms with E-state index in [9.17, 15) is 13.2 Å². The van der Waals surface area contributed by atoms with Crippen LogP contribution in [0.25, 0.3) is 0 Å². The Bertz CT molecular complexity index is 742. The third-order valence-electron chi connectivity index (χ3n) is 2.54. The van der Waals surface area contributed by atoms with Crippen molar-refractivity contribution in [1.82, 2.24) is 10.2 Å². The van der Waals surface area contributed by atoms with Crippen LogP contribution in [0.15, 0.2) is 41.3 Å². The maximum Gasteiger partial charge on any atom is 0.263 e. The number of carbonyl (C=O) groups excluding carboxylic acids is 1. The summed E-state index contributed by atoms with van der Waals surface area (Å²) >= 11 is 0. The quantitative estimate of drug-likeness (QED) is 0.823. The number of hydrogen-bond acceptors (Lipinski definition) is 6. The number of anilines is 1. The highest BCUT2D eigenvalue weighted by molar-refractivity contribution is 7.92. The van der Waals surface area contributed by atoms with Gasteiger partial charge >= 0.3 is 0 Å². The predicted molar refractivity (Wildman–Crippen MR) is 74.4 cm³/mol. The fourth-order valence-corrected chi connectivity index (χ4v) is 2.47. The van der Waals surface area contributed by atoms with E-state index >= 15 is 0 Å². The molecule has 0 aliphatic heterocycles. The van der Waals surface area contributed by atoms with Gasteiger partial charge in [-0.3, -0.25) is 9.52 Å². The number of ether oxygens (including phenoxy) is 1. The van der Waals surface area contributed by atoms with Crippen molar-refractivity contribution in [1.29, 1.82) is 0 Å². The molecule has 0 unspecified atom stereocenters. The number of primary amides is 1. The largest absolute Gasteiger partial charge is 0.480 e. The molecular weight excluding hydrogens is 296 g/mol. The van der Waals surface area contributed by atoms with Crippen LogP contribution in [0.1, 0.15) is 10.4 Å². The summed E-state index contributed by atoms with van der Waals surface area (Å²) < 4.78 is 31.3. The molecule has 0 radical (unpaired) electrons.